The lowest BCUT2D eigenvalue weighted by molar-refractivity contribution is -0.142. The minimum atomic E-state index is -0.815. The number of nitrogens with zero attached hydrogens (tertiary/aromatic N) is 2. The summed E-state index contributed by atoms with van der Waals surface area (Å²) in [5.74, 6) is -2.02. The zero-order valence-corrected chi connectivity index (χ0v) is 16.9. The standard InChI is InChI=1S/C20H23N3O7/c1-4-29-16(25)11-14-17(20(27)30-5-2)18(21-19(14)26)23-22-15(24)10-12-6-8-13(28-3)9-7-12/h6-9,21,26H,4-5,10-11H2,1-3H3. The van der Waals surface area contributed by atoms with Crippen LogP contribution >= 0.6 is 0 Å². The van der Waals surface area contributed by atoms with Gasteiger partial charge in [-0.05, 0) is 31.5 Å². The normalized spacial score (nSPS) is 10.8. The molecule has 0 unspecified atom stereocenters. The Labute approximate surface area is 172 Å². The van der Waals surface area contributed by atoms with Gasteiger partial charge >= 0.3 is 11.9 Å². The molecular weight excluding hydrogens is 394 g/mol. The van der Waals surface area contributed by atoms with Gasteiger partial charge in [-0.1, -0.05) is 12.1 Å². The van der Waals surface area contributed by atoms with Crippen molar-refractivity contribution in [2.45, 2.75) is 26.7 Å². The number of benzene rings is 1. The van der Waals surface area contributed by atoms with Gasteiger partial charge in [0.05, 0.1) is 33.2 Å². The van der Waals surface area contributed by atoms with Gasteiger partial charge < -0.3 is 24.3 Å². The van der Waals surface area contributed by atoms with Gasteiger partial charge in [0.1, 0.15) is 11.3 Å². The Morgan fingerprint density at radius 2 is 1.70 bits per heavy atom. The molecule has 0 spiro atoms. The maximum atomic E-state index is 12.3. The minimum Gasteiger partial charge on any atom is -0.497 e. The lowest BCUT2D eigenvalue weighted by Crippen LogP contribution is -2.12. The van der Waals surface area contributed by atoms with Crippen molar-refractivity contribution in [1.29, 1.82) is 0 Å². The summed E-state index contributed by atoms with van der Waals surface area (Å²) in [4.78, 5) is 38.7. The molecule has 30 heavy (non-hydrogen) atoms. The van der Waals surface area contributed by atoms with E-state index in [0.717, 1.165) is 0 Å². The maximum absolute atomic E-state index is 12.3. The first kappa shape index (κ1) is 22.6. The summed E-state index contributed by atoms with van der Waals surface area (Å²) in [6, 6.07) is 6.86. The number of nitrogens with one attached hydrogen (secondary N) is 1. The molecule has 1 aromatic carbocycles. The Morgan fingerprint density at radius 3 is 2.30 bits per heavy atom. The Morgan fingerprint density at radius 1 is 1.03 bits per heavy atom. The summed E-state index contributed by atoms with van der Waals surface area (Å²) in [7, 11) is 1.54. The number of H-pyrrole nitrogens is 1. The number of azo groups is 1. The molecule has 0 atom stereocenters. The zero-order valence-electron chi connectivity index (χ0n) is 16.9. The van der Waals surface area contributed by atoms with E-state index in [2.05, 4.69) is 15.2 Å². The van der Waals surface area contributed by atoms with Crippen LogP contribution in [0.2, 0.25) is 0 Å². The predicted octanol–water partition coefficient (Wildman–Crippen LogP) is 2.86. The molecule has 0 radical (unpaired) electrons. The molecule has 0 aliphatic heterocycles. The second-order valence-electron chi connectivity index (χ2n) is 6.00. The van der Waals surface area contributed by atoms with E-state index < -0.39 is 23.7 Å². The van der Waals surface area contributed by atoms with Gasteiger partial charge in [-0.3, -0.25) is 9.59 Å². The molecule has 0 saturated carbocycles. The summed E-state index contributed by atoms with van der Waals surface area (Å²) in [6.07, 6.45) is -0.399. The molecule has 0 saturated heterocycles. The SMILES string of the molecule is CCOC(=O)Cc1c(O)[nH]c(N=NC(=O)Cc2ccc(OC)cc2)c1C(=O)OCC. The van der Waals surface area contributed by atoms with Crippen LogP contribution in [0.15, 0.2) is 34.5 Å². The Balaban J connectivity index is 2.24. The number of hydrogen-bond donors (Lipinski definition) is 2. The van der Waals surface area contributed by atoms with Crippen LogP contribution in [0.1, 0.15) is 35.3 Å². The number of amides is 1. The highest BCUT2D eigenvalue weighted by atomic mass is 16.5. The summed E-state index contributed by atoms with van der Waals surface area (Å²) in [5.41, 5.74) is 0.481. The van der Waals surface area contributed by atoms with Crippen LogP contribution in [0.5, 0.6) is 11.6 Å². The van der Waals surface area contributed by atoms with E-state index in [1.807, 2.05) is 0 Å². The third kappa shape index (κ3) is 5.90. The number of aromatic hydroxyl groups is 1. The highest BCUT2D eigenvalue weighted by molar-refractivity contribution is 5.98. The summed E-state index contributed by atoms with van der Waals surface area (Å²) in [5, 5.41) is 17.5. The van der Waals surface area contributed by atoms with Crippen molar-refractivity contribution in [1.82, 2.24) is 4.98 Å². The number of esters is 2. The third-order valence-corrected chi connectivity index (χ3v) is 3.94. The molecule has 10 heteroatoms. The fraction of sp³-hybridized carbons (Fsp3) is 0.350. The van der Waals surface area contributed by atoms with E-state index >= 15 is 0 Å². The zero-order chi connectivity index (χ0) is 22.1. The van der Waals surface area contributed by atoms with Crippen molar-refractivity contribution >= 4 is 23.7 Å². The smallest absolute Gasteiger partial charge is 0.342 e. The lowest BCUT2D eigenvalue weighted by Gasteiger charge is -2.05. The van der Waals surface area contributed by atoms with Crippen LogP contribution in [0.4, 0.5) is 5.82 Å². The molecule has 2 rings (SSSR count). The van der Waals surface area contributed by atoms with Crippen LogP contribution < -0.4 is 4.74 Å². The van der Waals surface area contributed by atoms with E-state index in [4.69, 9.17) is 14.2 Å². The first-order valence-electron chi connectivity index (χ1n) is 9.23. The Hall–Kier alpha value is -3.69. The number of carbonyl (C=O) groups is 3. The highest BCUT2D eigenvalue weighted by Crippen LogP contribution is 2.32. The van der Waals surface area contributed by atoms with Gasteiger partial charge in [0.15, 0.2) is 11.7 Å². The van der Waals surface area contributed by atoms with E-state index in [-0.39, 0.29) is 43.0 Å². The number of hydrogen-bond acceptors (Lipinski definition) is 8. The van der Waals surface area contributed by atoms with Crippen LogP contribution in [0.25, 0.3) is 0 Å². The van der Waals surface area contributed by atoms with Crippen molar-refractivity contribution < 1.29 is 33.7 Å². The van der Waals surface area contributed by atoms with Crippen molar-refractivity contribution in [2.24, 2.45) is 10.2 Å². The number of aromatic nitrogens is 1. The minimum absolute atomic E-state index is 0.0232. The average molecular weight is 417 g/mol. The number of carbonyl (C=O) groups excluding carboxylic acids is 3. The molecule has 2 N–H and O–H groups in total. The molecule has 160 valence electrons. The first-order chi connectivity index (χ1) is 14.4. The monoisotopic (exact) mass is 417 g/mol. The highest BCUT2D eigenvalue weighted by Gasteiger charge is 2.27. The molecular formula is C20H23N3O7. The molecule has 0 fully saturated rings. The molecule has 0 aliphatic carbocycles. The van der Waals surface area contributed by atoms with Crippen molar-refractivity contribution in [2.75, 3.05) is 20.3 Å². The molecule has 0 aliphatic rings. The third-order valence-electron chi connectivity index (χ3n) is 3.94. The average Bonchev–Trinajstić information content (AvgIpc) is 3.02. The predicted molar refractivity (Wildman–Crippen MR) is 105 cm³/mol. The van der Waals surface area contributed by atoms with Crippen LogP contribution in [-0.2, 0) is 31.9 Å². The quantitative estimate of drug-likeness (QED) is 0.472. The molecule has 0 bridgehead atoms. The lowest BCUT2D eigenvalue weighted by atomic mass is 10.1. The summed E-state index contributed by atoms with van der Waals surface area (Å²) in [6.45, 7) is 3.45. The molecule has 1 heterocycles. The van der Waals surface area contributed by atoms with Gasteiger partial charge in [0.25, 0.3) is 5.91 Å². The molecule has 10 nitrogen and oxygen atoms in total. The Kier molecular flexibility index (Phi) is 8.09. The molecule has 1 amide bonds. The van der Waals surface area contributed by atoms with Crippen molar-refractivity contribution in [3.05, 3.63) is 41.0 Å². The topological polar surface area (TPSA) is 140 Å². The number of methoxy groups -OCH3 is 1. The number of rotatable bonds is 9. The van der Waals surface area contributed by atoms with E-state index in [9.17, 15) is 19.5 Å². The van der Waals surface area contributed by atoms with E-state index in [1.165, 1.54) is 7.11 Å². The first-order valence-corrected chi connectivity index (χ1v) is 9.23. The number of aromatic amines is 1. The van der Waals surface area contributed by atoms with Gasteiger partial charge in [-0.25, -0.2) is 4.79 Å². The Bertz CT molecular complexity index is 933. The summed E-state index contributed by atoms with van der Waals surface area (Å²) < 4.78 is 14.9. The largest absolute Gasteiger partial charge is 0.497 e. The van der Waals surface area contributed by atoms with Gasteiger partial charge in [-0.15, -0.1) is 10.2 Å². The molecule has 2 aromatic rings. The van der Waals surface area contributed by atoms with E-state index in [1.54, 1.807) is 38.1 Å². The fourth-order valence-electron chi connectivity index (χ4n) is 2.60. The molecule has 1 aromatic heterocycles. The van der Waals surface area contributed by atoms with Crippen LogP contribution in [0.3, 0.4) is 0 Å². The second-order valence-corrected chi connectivity index (χ2v) is 6.00. The second kappa shape index (κ2) is 10.7. The van der Waals surface area contributed by atoms with Gasteiger partial charge in [0.2, 0.25) is 0 Å². The van der Waals surface area contributed by atoms with E-state index in [0.29, 0.717) is 11.3 Å². The van der Waals surface area contributed by atoms with Crippen LogP contribution in [-0.4, -0.2) is 48.3 Å². The van der Waals surface area contributed by atoms with Gasteiger partial charge in [0, 0.05) is 5.56 Å². The van der Waals surface area contributed by atoms with Crippen molar-refractivity contribution in [3.63, 3.8) is 0 Å². The van der Waals surface area contributed by atoms with Crippen LogP contribution in [0, 0.1) is 0 Å². The number of ether oxygens (including phenoxy) is 3. The maximum Gasteiger partial charge on any atom is 0.342 e. The van der Waals surface area contributed by atoms with Gasteiger partial charge in [-0.2, -0.15) is 0 Å². The van der Waals surface area contributed by atoms with Crippen molar-refractivity contribution in [3.8, 4) is 11.6 Å². The fourth-order valence-corrected chi connectivity index (χ4v) is 2.60. The summed E-state index contributed by atoms with van der Waals surface area (Å²) >= 11 is 0.